The summed E-state index contributed by atoms with van der Waals surface area (Å²) in [5, 5.41) is 20.2. The second kappa shape index (κ2) is 4.36. The Hall–Kier alpha value is -1.28. The van der Waals surface area contributed by atoms with Crippen molar-refractivity contribution >= 4 is 0 Å². The molecule has 0 aliphatic heterocycles. The maximum Gasteiger partial charge on any atom is 0.115 e. The van der Waals surface area contributed by atoms with Gasteiger partial charge in [-0.05, 0) is 78.7 Å². The van der Waals surface area contributed by atoms with Gasteiger partial charge in [0.25, 0.3) is 0 Å². The van der Waals surface area contributed by atoms with E-state index in [1.807, 2.05) is 12.1 Å². The van der Waals surface area contributed by atoms with E-state index in [2.05, 4.69) is 19.6 Å². The molecule has 21 heavy (non-hydrogen) atoms. The lowest BCUT2D eigenvalue weighted by Gasteiger charge is -2.49. The van der Waals surface area contributed by atoms with Crippen molar-refractivity contribution < 1.29 is 10.2 Å². The number of fused-ring (bicyclic) bond motifs is 5. The molecule has 2 fully saturated rings. The van der Waals surface area contributed by atoms with Gasteiger partial charge in [-0.2, -0.15) is 0 Å². The predicted molar refractivity (Wildman–Crippen MR) is 83.3 cm³/mol. The number of hydrogen-bond acceptors (Lipinski definition) is 2. The molecule has 3 aliphatic carbocycles. The standard InChI is InChI=1S/C19H24O2/c1-11-9-17-16-5-3-12-10-13(20)4-6-14(12)15(16)7-8-19(17,2)18(11)21/h4,6,10,15-18,20-21H,1,3,5,7-9H2,2H3/t15-,16-,17+,18?,19+/m1/s1. The largest absolute Gasteiger partial charge is 0.508 e. The van der Waals surface area contributed by atoms with Crippen LogP contribution in [0, 0.1) is 17.3 Å². The predicted octanol–water partition coefficient (Wildman–Crippen LogP) is 3.78. The van der Waals surface area contributed by atoms with Crippen molar-refractivity contribution in [3.8, 4) is 5.75 Å². The molecule has 0 amide bonds. The van der Waals surface area contributed by atoms with Crippen LogP contribution in [0.5, 0.6) is 5.75 Å². The molecule has 5 atom stereocenters. The van der Waals surface area contributed by atoms with E-state index in [-0.39, 0.29) is 11.5 Å². The Bertz CT molecular complexity index is 606. The molecule has 0 radical (unpaired) electrons. The summed E-state index contributed by atoms with van der Waals surface area (Å²) in [6.07, 6.45) is 5.15. The summed E-state index contributed by atoms with van der Waals surface area (Å²) >= 11 is 0. The van der Waals surface area contributed by atoms with Crippen LogP contribution in [0.4, 0.5) is 0 Å². The van der Waals surface area contributed by atoms with Crippen molar-refractivity contribution in [1.29, 1.82) is 0 Å². The summed E-state index contributed by atoms with van der Waals surface area (Å²) in [5.41, 5.74) is 3.85. The number of phenolic OH excluding ortho intramolecular Hbond substituents is 1. The van der Waals surface area contributed by atoms with E-state index in [4.69, 9.17) is 0 Å². The van der Waals surface area contributed by atoms with Crippen molar-refractivity contribution in [2.75, 3.05) is 0 Å². The number of aryl methyl sites for hydroxylation is 1. The monoisotopic (exact) mass is 284 g/mol. The lowest BCUT2D eigenvalue weighted by Crippen LogP contribution is -2.44. The molecule has 0 saturated heterocycles. The Morgan fingerprint density at radius 1 is 1.29 bits per heavy atom. The summed E-state index contributed by atoms with van der Waals surface area (Å²) in [6, 6.07) is 5.91. The molecule has 0 spiro atoms. The van der Waals surface area contributed by atoms with Gasteiger partial charge >= 0.3 is 0 Å². The molecule has 2 saturated carbocycles. The van der Waals surface area contributed by atoms with Crippen LogP contribution in [-0.4, -0.2) is 16.3 Å². The number of benzene rings is 1. The molecule has 112 valence electrons. The molecule has 1 aromatic rings. The summed E-state index contributed by atoms with van der Waals surface area (Å²) in [7, 11) is 0. The Morgan fingerprint density at radius 3 is 2.90 bits per heavy atom. The smallest absolute Gasteiger partial charge is 0.115 e. The van der Waals surface area contributed by atoms with Gasteiger partial charge in [0.1, 0.15) is 5.75 Å². The fourth-order valence-corrected chi connectivity index (χ4v) is 5.50. The van der Waals surface area contributed by atoms with Gasteiger partial charge < -0.3 is 10.2 Å². The average molecular weight is 284 g/mol. The molecular formula is C19H24O2. The zero-order valence-electron chi connectivity index (χ0n) is 12.7. The normalized spacial score (nSPS) is 41.3. The molecule has 2 heteroatoms. The van der Waals surface area contributed by atoms with Crippen LogP contribution in [0.2, 0.25) is 0 Å². The molecule has 2 N–H and O–H groups in total. The number of rotatable bonds is 0. The molecule has 0 aromatic heterocycles. The zero-order valence-corrected chi connectivity index (χ0v) is 12.7. The maximum atomic E-state index is 10.5. The topological polar surface area (TPSA) is 40.5 Å². The Morgan fingerprint density at radius 2 is 2.10 bits per heavy atom. The summed E-state index contributed by atoms with van der Waals surface area (Å²) in [5.74, 6) is 2.22. The molecule has 1 aromatic carbocycles. The Kier molecular flexibility index (Phi) is 2.78. The first kappa shape index (κ1) is 13.4. The molecule has 0 heterocycles. The van der Waals surface area contributed by atoms with Gasteiger partial charge in [-0.15, -0.1) is 0 Å². The maximum absolute atomic E-state index is 10.5. The fraction of sp³-hybridized carbons (Fsp3) is 0.579. The minimum absolute atomic E-state index is 0.0344. The fourth-order valence-electron chi connectivity index (χ4n) is 5.50. The quantitative estimate of drug-likeness (QED) is 0.712. The lowest BCUT2D eigenvalue weighted by molar-refractivity contribution is -0.0159. The van der Waals surface area contributed by atoms with Crippen LogP contribution in [0.15, 0.2) is 30.4 Å². The summed E-state index contributed by atoms with van der Waals surface area (Å²) in [4.78, 5) is 0. The highest BCUT2D eigenvalue weighted by atomic mass is 16.3. The zero-order chi connectivity index (χ0) is 14.8. The third-order valence-corrected chi connectivity index (χ3v) is 6.64. The van der Waals surface area contributed by atoms with Crippen molar-refractivity contribution in [2.24, 2.45) is 17.3 Å². The third kappa shape index (κ3) is 1.75. The first-order valence-electron chi connectivity index (χ1n) is 8.18. The highest BCUT2D eigenvalue weighted by Crippen LogP contribution is 2.61. The first-order chi connectivity index (χ1) is 10.0. The van der Waals surface area contributed by atoms with Crippen LogP contribution in [0.3, 0.4) is 0 Å². The van der Waals surface area contributed by atoms with Crippen LogP contribution >= 0.6 is 0 Å². The van der Waals surface area contributed by atoms with Crippen molar-refractivity contribution in [3.63, 3.8) is 0 Å². The van der Waals surface area contributed by atoms with Crippen molar-refractivity contribution in [3.05, 3.63) is 41.5 Å². The second-order valence-corrected chi connectivity index (χ2v) is 7.61. The SMILES string of the molecule is C=C1C[C@H]2[C@@H]3CCc4cc(O)ccc4[C@H]3CC[C@]2(C)C1O. The average Bonchev–Trinajstić information content (AvgIpc) is 2.70. The number of aromatic hydroxyl groups is 1. The van der Waals surface area contributed by atoms with E-state index in [1.54, 1.807) is 0 Å². The Labute approximate surface area is 126 Å². The number of aliphatic hydroxyl groups excluding tert-OH is 1. The van der Waals surface area contributed by atoms with Gasteiger partial charge in [-0.1, -0.05) is 19.6 Å². The van der Waals surface area contributed by atoms with Gasteiger partial charge in [-0.3, -0.25) is 0 Å². The second-order valence-electron chi connectivity index (χ2n) is 7.61. The molecule has 0 bridgehead atoms. The van der Waals surface area contributed by atoms with Crippen LogP contribution in [-0.2, 0) is 6.42 Å². The molecule has 4 rings (SSSR count). The lowest BCUT2D eigenvalue weighted by atomic mass is 9.55. The molecule has 3 aliphatic rings. The van der Waals surface area contributed by atoms with E-state index in [1.165, 1.54) is 17.5 Å². The minimum atomic E-state index is -0.315. The van der Waals surface area contributed by atoms with E-state index in [0.29, 0.717) is 23.5 Å². The highest BCUT2D eigenvalue weighted by molar-refractivity contribution is 5.40. The Balaban J connectivity index is 1.73. The van der Waals surface area contributed by atoms with Gasteiger partial charge in [0.15, 0.2) is 0 Å². The van der Waals surface area contributed by atoms with Gasteiger partial charge in [-0.25, -0.2) is 0 Å². The summed E-state index contributed by atoms with van der Waals surface area (Å²) in [6.45, 7) is 6.38. The summed E-state index contributed by atoms with van der Waals surface area (Å²) < 4.78 is 0. The van der Waals surface area contributed by atoms with Crippen molar-refractivity contribution in [1.82, 2.24) is 0 Å². The van der Waals surface area contributed by atoms with E-state index < -0.39 is 0 Å². The van der Waals surface area contributed by atoms with Crippen molar-refractivity contribution in [2.45, 2.75) is 51.0 Å². The molecular weight excluding hydrogens is 260 g/mol. The van der Waals surface area contributed by atoms with Gasteiger partial charge in [0.05, 0.1) is 6.10 Å². The van der Waals surface area contributed by atoms with E-state index >= 15 is 0 Å². The number of hydrogen-bond donors (Lipinski definition) is 2. The minimum Gasteiger partial charge on any atom is -0.508 e. The van der Waals surface area contributed by atoms with Crippen LogP contribution in [0.25, 0.3) is 0 Å². The first-order valence-corrected chi connectivity index (χ1v) is 8.18. The molecule has 1 unspecified atom stereocenters. The van der Waals surface area contributed by atoms with Gasteiger partial charge in [0.2, 0.25) is 0 Å². The van der Waals surface area contributed by atoms with Gasteiger partial charge in [0, 0.05) is 5.41 Å². The third-order valence-electron chi connectivity index (χ3n) is 6.64. The highest BCUT2D eigenvalue weighted by Gasteiger charge is 2.55. The van der Waals surface area contributed by atoms with E-state index in [0.717, 1.165) is 31.3 Å². The number of aliphatic hydroxyl groups is 1. The van der Waals surface area contributed by atoms with E-state index in [9.17, 15) is 10.2 Å². The molecule has 2 nitrogen and oxygen atoms in total. The van der Waals surface area contributed by atoms with Crippen LogP contribution < -0.4 is 0 Å². The van der Waals surface area contributed by atoms with Crippen LogP contribution in [0.1, 0.15) is 49.7 Å². The number of phenols is 1.